The normalized spacial score (nSPS) is 13.0. The number of aromatic nitrogens is 1. The minimum atomic E-state index is -1.74. The zero-order valence-corrected chi connectivity index (χ0v) is 27.6. The Bertz CT molecular complexity index is 2550. The van der Waals surface area contributed by atoms with Crippen LogP contribution in [0.2, 0.25) is 0 Å². The molecule has 46 heavy (non-hydrogen) atoms. The third kappa shape index (κ3) is 3.88. The van der Waals surface area contributed by atoms with E-state index >= 15 is 0 Å². The van der Waals surface area contributed by atoms with Crippen LogP contribution in [0.3, 0.4) is 0 Å². The van der Waals surface area contributed by atoms with E-state index in [0.29, 0.717) is 0 Å². The fraction of sp³-hybridized carbons (Fsp3) is 0. The molecule has 4 heteroatoms. The lowest BCUT2D eigenvalue weighted by Crippen LogP contribution is -2.55. The van der Waals surface area contributed by atoms with E-state index in [2.05, 4.69) is 162 Å². The molecule has 10 rings (SSSR count). The quantitative estimate of drug-likeness (QED) is 0.175. The highest BCUT2D eigenvalue weighted by Gasteiger charge is 2.31. The number of para-hydroxylation sites is 2. The van der Waals surface area contributed by atoms with Crippen molar-refractivity contribution in [3.8, 4) is 16.8 Å². The van der Waals surface area contributed by atoms with Gasteiger partial charge >= 0.3 is 0 Å². The van der Waals surface area contributed by atoms with E-state index in [0.717, 1.165) is 0 Å². The third-order valence-corrected chi connectivity index (χ3v) is 15.7. The Morgan fingerprint density at radius 3 is 1.74 bits per heavy atom. The molecule has 7 aromatic carbocycles. The van der Waals surface area contributed by atoms with Gasteiger partial charge in [0.05, 0.1) is 11.0 Å². The summed E-state index contributed by atoms with van der Waals surface area (Å²) in [5, 5.41) is 9.81. The molecule has 1 aliphatic heterocycles. The Kier molecular flexibility index (Phi) is 5.92. The topological polar surface area (TPSA) is 4.93 Å². The molecule has 0 unspecified atom stereocenters. The molecule has 9 aromatic rings. The van der Waals surface area contributed by atoms with Gasteiger partial charge in [-0.15, -0.1) is 11.3 Å². The predicted molar refractivity (Wildman–Crippen MR) is 202 cm³/mol. The van der Waals surface area contributed by atoms with Crippen LogP contribution in [0.5, 0.6) is 0 Å². The highest BCUT2D eigenvalue weighted by molar-refractivity contribution is 8.00. The molecule has 0 saturated heterocycles. The van der Waals surface area contributed by atoms with E-state index in [1.807, 2.05) is 23.1 Å². The fourth-order valence-corrected chi connectivity index (χ4v) is 13.9. The van der Waals surface area contributed by atoms with Crippen molar-refractivity contribution in [2.24, 2.45) is 0 Å². The number of rotatable bonds is 3. The molecular formula is C42H27NS2Si. The van der Waals surface area contributed by atoms with Crippen LogP contribution in [0.4, 0.5) is 0 Å². The molecule has 3 heterocycles. The van der Waals surface area contributed by atoms with Gasteiger partial charge in [0, 0.05) is 46.4 Å². The van der Waals surface area contributed by atoms with Crippen LogP contribution >= 0.6 is 23.1 Å². The van der Waals surface area contributed by atoms with Gasteiger partial charge < -0.3 is 4.57 Å². The Morgan fingerprint density at radius 1 is 0.435 bits per heavy atom. The summed E-state index contributed by atoms with van der Waals surface area (Å²) in [6.45, 7) is 0. The van der Waals surface area contributed by atoms with Crippen molar-refractivity contribution in [2.75, 3.05) is 0 Å². The van der Waals surface area contributed by atoms with Crippen LogP contribution in [0.1, 0.15) is 0 Å². The van der Waals surface area contributed by atoms with E-state index in [-0.39, 0.29) is 0 Å². The number of fused-ring (bicyclic) bond motifs is 8. The van der Waals surface area contributed by atoms with Crippen molar-refractivity contribution in [3.05, 3.63) is 158 Å². The SMILES string of the molecule is c1ccc2c(c1)Sc1ccccc1[SiH]2c1ccccc1-c1cccc2sc3ccc(-n4c5ccccc5c5ccccc54)cc3c12. The largest absolute Gasteiger partial charge is 0.309 e. The van der Waals surface area contributed by atoms with Gasteiger partial charge in [-0.25, -0.2) is 0 Å². The molecule has 0 N–H and O–H groups in total. The first-order valence-electron chi connectivity index (χ1n) is 15.7. The van der Waals surface area contributed by atoms with Gasteiger partial charge in [0.1, 0.15) is 8.80 Å². The molecule has 216 valence electrons. The summed E-state index contributed by atoms with van der Waals surface area (Å²) in [6.07, 6.45) is 0. The fourth-order valence-electron chi connectivity index (χ4n) is 7.62. The summed E-state index contributed by atoms with van der Waals surface area (Å²) >= 11 is 3.83. The molecule has 0 aliphatic carbocycles. The second-order valence-electron chi connectivity index (χ2n) is 12.0. The Labute approximate surface area is 277 Å². The van der Waals surface area contributed by atoms with Crippen molar-refractivity contribution >= 4 is 89.4 Å². The van der Waals surface area contributed by atoms with Crippen molar-refractivity contribution in [1.29, 1.82) is 0 Å². The van der Waals surface area contributed by atoms with Crippen molar-refractivity contribution in [1.82, 2.24) is 4.57 Å². The molecule has 0 atom stereocenters. The Balaban J connectivity index is 1.23. The lowest BCUT2D eigenvalue weighted by Gasteiger charge is -2.28. The monoisotopic (exact) mass is 637 g/mol. The second kappa shape index (κ2) is 10.3. The molecule has 0 spiro atoms. The van der Waals surface area contributed by atoms with E-state index in [1.165, 1.54) is 84.1 Å². The first-order chi connectivity index (χ1) is 22.8. The van der Waals surface area contributed by atoms with Crippen LogP contribution in [0.15, 0.2) is 168 Å². The number of nitrogens with zero attached hydrogens (tertiary/aromatic N) is 1. The van der Waals surface area contributed by atoms with Crippen molar-refractivity contribution < 1.29 is 0 Å². The van der Waals surface area contributed by atoms with Gasteiger partial charge in [-0.05, 0) is 75.2 Å². The van der Waals surface area contributed by atoms with Gasteiger partial charge in [-0.1, -0.05) is 121 Å². The van der Waals surface area contributed by atoms with Gasteiger partial charge in [0.25, 0.3) is 0 Å². The molecule has 0 amide bonds. The smallest absolute Gasteiger partial charge is 0.136 e. The highest BCUT2D eigenvalue weighted by atomic mass is 32.2. The Morgan fingerprint density at radius 2 is 1.02 bits per heavy atom. The molecule has 2 aromatic heterocycles. The molecule has 0 radical (unpaired) electrons. The average molecular weight is 638 g/mol. The van der Waals surface area contributed by atoms with Crippen LogP contribution < -0.4 is 15.6 Å². The summed E-state index contributed by atoms with van der Waals surface area (Å²) in [5.74, 6) is 0. The first-order valence-corrected chi connectivity index (χ1v) is 19.1. The maximum Gasteiger partial charge on any atom is 0.136 e. The van der Waals surface area contributed by atoms with Crippen molar-refractivity contribution in [3.63, 3.8) is 0 Å². The number of benzene rings is 7. The molecule has 1 aliphatic rings. The number of hydrogen-bond acceptors (Lipinski definition) is 2. The van der Waals surface area contributed by atoms with E-state index in [4.69, 9.17) is 0 Å². The lowest BCUT2D eigenvalue weighted by atomic mass is 9.99. The molecule has 1 nitrogen and oxygen atoms in total. The number of hydrogen-bond donors (Lipinski definition) is 0. The van der Waals surface area contributed by atoms with Crippen molar-refractivity contribution in [2.45, 2.75) is 9.79 Å². The average Bonchev–Trinajstić information content (AvgIpc) is 3.66. The Hall–Kier alpha value is -4.87. The van der Waals surface area contributed by atoms with E-state index in [9.17, 15) is 0 Å². The van der Waals surface area contributed by atoms with Crippen LogP contribution in [0, 0.1) is 0 Å². The van der Waals surface area contributed by atoms with Gasteiger partial charge in [0.2, 0.25) is 0 Å². The zero-order valence-electron chi connectivity index (χ0n) is 24.9. The van der Waals surface area contributed by atoms with Gasteiger partial charge in [-0.3, -0.25) is 0 Å². The minimum absolute atomic E-state index is 1.20. The lowest BCUT2D eigenvalue weighted by molar-refractivity contribution is 1.19. The standard InChI is InChI=1S/C42H27NS2Si/c1-4-16-33-28(12-1)29-13-2-5-17-34(29)43(33)27-24-25-35-32(26-27)42-31(15-11-20-38(42)44-35)30-14-3-8-21-39(30)46-40-22-9-6-18-36(40)45-37-19-7-10-23-41(37)46/h1-26,46H. The summed E-state index contributed by atoms with van der Waals surface area (Å²) in [4.78, 5) is 2.81. The zero-order chi connectivity index (χ0) is 30.2. The summed E-state index contributed by atoms with van der Waals surface area (Å²) < 4.78 is 5.10. The molecular weight excluding hydrogens is 611 g/mol. The van der Waals surface area contributed by atoms with Crippen LogP contribution in [-0.2, 0) is 0 Å². The minimum Gasteiger partial charge on any atom is -0.309 e. The van der Waals surface area contributed by atoms with Gasteiger partial charge in [0.15, 0.2) is 0 Å². The molecule has 0 saturated carbocycles. The molecule has 0 fully saturated rings. The third-order valence-electron chi connectivity index (χ3n) is 9.56. The van der Waals surface area contributed by atoms with Crippen LogP contribution in [0.25, 0.3) is 58.8 Å². The summed E-state index contributed by atoms with van der Waals surface area (Å²) in [5.41, 5.74) is 6.38. The van der Waals surface area contributed by atoms with E-state index in [1.54, 1.807) is 0 Å². The van der Waals surface area contributed by atoms with Crippen LogP contribution in [-0.4, -0.2) is 13.4 Å². The summed E-state index contributed by atoms with van der Waals surface area (Å²) in [6, 6.07) is 58.9. The maximum atomic E-state index is 2.44. The highest BCUT2D eigenvalue weighted by Crippen LogP contribution is 2.42. The number of thiophene rings is 1. The van der Waals surface area contributed by atoms with Gasteiger partial charge in [-0.2, -0.15) is 0 Å². The predicted octanol–water partition coefficient (Wildman–Crippen LogP) is 9.53. The summed E-state index contributed by atoms with van der Waals surface area (Å²) in [7, 11) is -1.74. The molecule has 0 bridgehead atoms. The van der Waals surface area contributed by atoms with E-state index < -0.39 is 8.80 Å². The maximum absolute atomic E-state index is 2.44. The first kappa shape index (κ1) is 26.4. The second-order valence-corrected chi connectivity index (χ2v) is 16.9.